The number of halogens is 1. The molecular formula is C14H17BrN2O2. The lowest BCUT2D eigenvalue weighted by molar-refractivity contribution is 0.276. The highest BCUT2D eigenvalue weighted by molar-refractivity contribution is 9.10. The van der Waals surface area contributed by atoms with Crippen LogP contribution >= 0.6 is 15.9 Å². The van der Waals surface area contributed by atoms with E-state index >= 15 is 0 Å². The van der Waals surface area contributed by atoms with Gasteiger partial charge in [0, 0.05) is 7.05 Å². The summed E-state index contributed by atoms with van der Waals surface area (Å²) < 4.78 is 8.59. The molecule has 0 amide bonds. The molecule has 0 aliphatic rings. The van der Waals surface area contributed by atoms with Gasteiger partial charge in [-0.1, -0.05) is 19.1 Å². The first-order valence-corrected chi connectivity index (χ1v) is 6.97. The summed E-state index contributed by atoms with van der Waals surface area (Å²) in [6.45, 7) is 2.54. The van der Waals surface area contributed by atoms with Gasteiger partial charge in [0.15, 0.2) is 0 Å². The monoisotopic (exact) mass is 324 g/mol. The lowest BCUT2D eigenvalue weighted by atomic mass is 10.2. The van der Waals surface area contributed by atoms with E-state index in [0.717, 1.165) is 33.6 Å². The van der Waals surface area contributed by atoms with Gasteiger partial charge in [-0.2, -0.15) is 5.10 Å². The van der Waals surface area contributed by atoms with Crippen molar-refractivity contribution < 1.29 is 9.84 Å². The van der Waals surface area contributed by atoms with Crippen LogP contribution in [0.5, 0.6) is 5.75 Å². The quantitative estimate of drug-likeness (QED) is 0.920. The van der Waals surface area contributed by atoms with Gasteiger partial charge in [-0.05, 0) is 40.0 Å². The number of aliphatic hydroxyl groups excluding tert-OH is 1. The van der Waals surface area contributed by atoms with Crippen molar-refractivity contribution in [1.29, 1.82) is 0 Å². The topological polar surface area (TPSA) is 47.3 Å². The number of aliphatic hydroxyl groups is 1. The number of nitrogens with zero attached hydrogens (tertiary/aromatic N) is 2. The van der Waals surface area contributed by atoms with Gasteiger partial charge in [-0.15, -0.1) is 0 Å². The predicted octanol–water partition coefficient (Wildman–Crippen LogP) is 2.82. The van der Waals surface area contributed by atoms with Gasteiger partial charge in [0.2, 0.25) is 0 Å². The molecule has 4 nitrogen and oxygen atoms in total. The van der Waals surface area contributed by atoms with E-state index in [9.17, 15) is 0 Å². The predicted molar refractivity (Wildman–Crippen MR) is 77.0 cm³/mol. The molecule has 0 radical (unpaired) electrons. The Bertz CT molecular complexity index is 567. The third-order valence-electron chi connectivity index (χ3n) is 2.96. The number of hydrogen-bond acceptors (Lipinski definition) is 3. The molecule has 2 rings (SSSR count). The second-order valence-corrected chi connectivity index (χ2v) is 5.07. The molecule has 0 aliphatic heterocycles. The van der Waals surface area contributed by atoms with Crippen molar-refractivity contribution in [3.63, 3.8) is 0 Å². The Balaban J connectivity index is 2.12. The van der Waals surface area contributed by atoms with Crippen molar-refractivity contribution in [3.05, 3.63) is 45.7 Å². The lowest BCUT2D eigenvalue weighted by Crippen LogP contribution is -2.03. The highest BCUT2D eigenvalue weighted by Gasteiger charge is 2.12. The zero-order valence-corrected chi connectivity index (χ0v) is 12.6. The molecule has 0 spiro atoms. The van der Waals surface area contributed by atoms with Crippen LogP contribution in [0.2, 0.25) is 0 Å². The van der Waals surface area contributed by atoms with Gasteiger partial charge in [0.05, 0.1) is 22.5 Å². The molecule has 102 valence electrons. The summed E-state index contributed by atoms with van der Waals surface area (Å²) in [5.41, 5.74) is 2.88. The van der Waals surface area contributed by atoms with Crippen LogP contribution < -0.4 is 4.74 Å². The third-order valence-corrected chi connectivity index (χ3v) is 3.87. The van der Waals surface area contributed by atoms with Gasteiger partial charge in [-0.25, -0.2) is 0 Å². The second-order valence-electron chi connectivity index (χ2n) is 4.28. The van der Waals surface area contributed by atoms with E-state index in [1.807, 2.05) is 36.0 Å². The van der Waals surface area contributed by atoms with Crippen LogP contribution in [-0.4, -0.2) is 14.9 Å². The molecule has 0 bridgehead atoms. The van der Waals surface area contributed by atoms with Crippen LogP contribution in [0.25, 0.3) is 0 Å². The molecule has 5 heteroatoms. The van der Waals surface area contributed by atoms with Crippen molar-refractivity contribution in [3.8, 4) is 5.75 Å². The first-order valence-electron chi connectivity index (χ1n) is 6.18. The molecule has 0 saturated carbocycles. The van der Waals surface area contributed by atoms with Crippen molar-refractivity contribution in [2.45, 2.75) is 26.6 Å². The van der Waals surface area contributed by atoms with E-state index in [0.29, 0.717) is 6.61 Å². The van der Waals surface area contributed by atoms with Crippen molar-refractivity contribution in [2.24, 2.45) is 7.05 Å². The maximum atomic E-state index is 9.09. The second kappa shape index (κ2) is 6.21. The van der Waals surface area contributed by atoms with E-state index in [-0.39, 0.29) is 6.61 Å². The summed E-state index contributed by atoms with van der Waals surface area (Å²) in [6, 6.07) is 7.45. The van der Waals surface area contributed by atoms with E-state index < -0.39 is 0 Å². The molecule has 1 N–H and O–H groups in total. The molecular weight excluding hydrogens is 308 g/mol. The minimum atomic E-state index is 0.0204. The summed E-state index contributed by atoms with van der Waals surface area (Å²) >= 11 is 3.56. The Kier molecular flexibility index (Phi) is 4.61. The summed E-state index contributed by atoms with van der Waals surface area (Å²) in [5, 5.41) is 13.5. The summed E-state index contributed by atoms with van der Waals surface area (Å²) in [7, 11) is 1.91. The van der Waals surface area contributed by atoms with Crippen molar-refractivity contribution in [2.75, 3.05) is 0 Å². The maximum Gasteiger partial charge on any atom is 0.131 e. The third kappa shape index (κ3) is 3.16. The SMILES string of the molecule is CCc1nn(C)c(COc2cccc(CO)c2)c1Br. The van der Waals surface area contributed by atoms with E-state index in [4.69, 9.17) is 9.84 Å². The Morgan fingerprint density at radius 2 is 2.21 bits per heavy atom. The average Bonchev–Trinajstić information content (AvgIpc) is 2.71. The molecule has 0 aliphatic carbocycles. The first kappa shape index (κ1) is 14.1. The Hall–Kier alpha value is -1.33. The number of hydrogen-bond donors (Lipinski definition) is 1. The first-order chi connectivity index (χ1) is 9.15. The van der Waals surface area contributed by atoms with Crippen molar-refractivity contribution in [1.82, 2.24) is 9.78 Å². The van der Waals surface area contributed by atoms with Gasteiger partial charge in [-0.3, -0.25) is 4.68 Å². The van der Waals surface area contributed by atoms with Crippen LogP contribution in [0.15, 0.2) is 28.7 Å². The van der Waals surface area contributed by atoms with Crippen molar-refractivity contribution >= 4 is 15.9 Å². The van der Waals surface area contributed by atoms with E-state index in [1.54, 1.807) is 0 Å². The van der Waals surface area contributed by atoms with Crippen LogP contribution in [0, 0.1) is 0 Å². The summed E-state index contributed by atoms with van der Waals surface area (Å²) in [6.07, 6.45) is 0.883. The van der Waals surface area contributed by atoms with Gasteiger partial charge < -0.3 is 9.84 Å². The van der Waals surface area contributed by atoms with Gasteiger partial charge >= 0.3 is 0 Å². The highest BCUT2D eigenvalue weighted by Crippen LogP contribution is 2.23. The molecule has 1 aromatic carbocycles. The van der Waals surface area contributed by atoms with Gasteiger partial charge in [0.25, 0.3) is 0 Å². The van der Waals surface area contributed by atoms with Crippen LogP contribution in [-0.2, 0) is 26.7 Å². The number of aryl methyl sites for hydroxylation is 2. The molecule has 1 aromatic heterocycles. The fourth-order valence-electron chi connectivity index (χ4n) is 1.86. The molecule has 0 fully saturated rings. The molecule has 2 aromatic rings. The van der Waals surface area contributed by atoms with Crippen LogP contribution in [0.1, 0.15) is 23.9 Å². The normalized spacial score (nSPS) is 10.7. The minimum Gasteiger partial charge on any atom is -0.487 e. The zero-order valence-electron chi connectivity index (χ0n) is 11.1. The lowest BCUT2D eigenvalue weighted by Gasteiger charge is -2.08. The summed E-state index contributed by atoms with van der Waals surface area (Å²) in [4.78, 5) is 0. The molecule has 0 atom stereocenters. The molecule has 19 heavy (non-hydrogen) atoms. The Morgan fingerprint density at radius 1 is 1.42 bits per heavy atom. The van der Waals surface area contributed by atoms with Crippen LogP contribution in [0.4, 0.5) is 0 Å². The zero-order chi connectivity index (χ0) is 13.8. The summed E-state index contributed by atoms with van der Waals surface area (Å²) in [5.74, 6) is 0.748. The number of ether oxygens (including phenoxy) is 1. The van der Waals surface area contributed by atoms with E-state index in [1.165, 1.54) is 0 Å². The van der Waals surface area contributed by atoms with Gasteiger partial charge in [0.1, 0.15) is 12.4 Å². The van der Waals surface area contributed by atoms with E-state index in [2.05, 4.69) is 28.0 Å². The fourth-order valence-corrected chi connectivity index (χ4v) is 2.59. The Morgan fingerprint density at radius 3 is 2.84 bits per heavy atom. The maximum absolute atomic E-state index is 9.09. The van der Waals surface area contributed by atoms with Crippen LogP contribution in [0.3, 0.4) is 0 Å². The molecule has 0 unspecified atom stereocenters. The minimum absolute atomic E-state index is 0.0204. The number of benzene rings is 1. The standard InChI is InChI=1S/C14H17BrN2O2/c1-3-12-14(15)13(17(2)16-12)9-19-11-6-4-5-10(7-11)8-18/h4-7,18H,3,8-9H2,1-2H3. The molecule has 1 heterocycles. The highest BCUT2D eigenvalue weighted by atomic mass is 79.9. The fraction of sp³-hybridized carbons (Fsp3) is 0.357. The number of aromatic nitrogens is 2. The largest absolute Gasteiger partial charge is 0.487 e. The number of rotatable bonds is 5. The molecule has 0 saturated heterocycles. The Labute approximate surface area is 121 Å². The smallest absolute Gasteiger partial charge is 0.131 e. The average molecular weight is 325 g/mol.